The van der Waals surface area contributed by atoms with E-state index in [1.807, 2.05) is 13.8 Å². The zero-order valence-electron chi connectivity index (χ0n) is 19.2. The molecule has 1 rings (SSSR count). The van der Waals surface area contributed by atoms with Crippen LogP contribution in [0.4, 0.5) is 0 Å². The highest BCUT2D eigenvalue weighted by atomic mass is 16.7. The van der Waals surface area contributed by atoms with Crippen LogP contribution in [-0.4, -0.2) is 50.4 Å². The summed E-state index contributed by atoms with van der Waals surface area (Å²) < 4.78 is 23.0. The summed E-state index contributed by atoms with van der Waals surface area (Å²) >= 11 is 0. The van der Waals surface area contributed by atoms with Gasteiger partial charge in [0.2, 0.25) is 5.79 Å². The molecular formula is C23H36O7. The Balaban J connectivity index is 3.64. The van der Waals surface area contributed by atoms with Gasteiger partial charge in [-0.3, -0.25) is 9.59 Å². The van der Waals surface area contributed by atoms with Crippen molar-refractivity contribution in [2.24, 2.45) is 11.3 Å². The van der Waals surface area contributed by atoms with E-state index in [-0.39, 0.29) is 12.5 Å². The van der Waals surface area contributed by atoms with E-state index >= 15 is 0 Å². The van der Waals surface area contributed by atoms with Crippen molar-refractivity contribution in [3.63, 3.8) is 0 Å². The summed E-state index contributed by atoms with van der Waals surface area (Å²) in [6.45, 7) is 9.59. The van der Waals surface area contributed by atoms with Gasteiger partial charge < -0.3 is 18.9 Å². The van der Waals surface area contributed by atoms with Crippen LogP contribution in [0.2, 0.25) is 0 Å². The first-order chi connectivity index (χ1) is 14.1. The van der Waals surface area contributed by atoms with Gasteiger partial charge >= 0.3 is 11.9 Å². The average molecular weight is 425 g/mol. The Morgan fingerprint density at radius 2 is 1.97 bits per heavy atom. The molecule has 1 heterocycles. The molecule has 7 heteroatoms. The number of methoxy groups -OCH3 is 2. The van der Waals surface area contributed by atoms with Gasteiger partial charge in [0.1, 0.15) is 6.29 Å². The van der Waals surface area contributed by atoms with Crippen LogP contribution in [0.1, 0.15) is 60.3 Å². The molecule has 1 saturated heterocycles. The quantitative estimate of drug-likeness (QED) is 0.300. The Morgan fingerprint density at radius 1 is 1.30 bits per heavy atom. The Labute approximate surface area is 179 Å². The smallest absolute Gasteiger partial charge is 0.330 e. The van der Waals surface area contributed by atoms with Crippen molar-refractivity contribution in [3.8, 4) is 0 Å². The standard InChI is InChI=1S/C23H36O7/c1-8-16(3)13-18-14-17(15-20(26)27-6)21(29-19(25)9-2)23(28-7,30-18)22(4,5)11-10-12-24/h10-12,15-16,18,21H,8-9,13-14H2,1-7H3/b11-10+,17-15+/t16?,18-,21+,23-/m1/s1. The highest BCUT2D eigenvalue weighted by Gasteiger charge is 2.58. The molecule has 0 bridgehead atoms. The fourth-order valence-corrected chi connectivity index (χ4v) is 3.73. The van der Waals surface area contributed by atoms with Gasteiger partial charge in [0.25, 0.3) is 0 Å². The van der Waals surface area contributed by atoms with Gasteiger partial charge in [-0.1, -0.05) is 47.1 Å². The number of ether oxygens (including phenoxy) is 4. The number of aldehydes is 1. The van der Waals surface area contributed by atoms with E-state index in [2.05, 4.69) is 13.8 Å². The minimum atomic E-state index is -1.44. The molecule has 0 saturated carbocycles. The molecule has 7 nitrogen and oxygen atoms in total. The van der Waals surface area contributed by atoms with Crippen LogP contribution >= 0.6 is 0 Å². The van der Waals surface area contributed by atoms with E-state index in [9.17, 15) is 14.4 Å². The summed E-state index contributed by atoms with van der Waals surface area (Å²) in [7, 11) is 2.77. The Hall–Kier alpha value is -1.99. The van der Waals surface area contributed by atoms with E-state index in [0.717, 1.165) is 12.8 Å². The molecule has 0 spiro atoms. The third-order valence-corrected chi connectivity index (χ3v) is 5.68. The van der Waals surface area contributed by atoms with Crippen molar-refractivity contribution < 1.29 is 33.3 Å². The van der Waals surface area contributed by atoms with Crippen LogP contribution in [-0.2, 0) is 33.3 Å². The highest BCUT2D eigenvalue weighted by molar-refractivity contribution is 5.83. The van der Waals surface area contributed by atoms with Crippen molar-refractivity contribution in [1.82, 2.24) is 0 Å². The predicted octanol–water partition coefficient (Wildman–Crippen LogP) is 3.76. The van der Waals surface area contributed by atoms with Gasteiger partial charge in [-0.2, -0.15) is 0 Å². The molecule has 0 aromatic heterocycles. The lowest BCUT2D eigenvalue weighted by molar-refractivity contribution is -0.337. The Kier molecular flexibility index (Phi) is 9.91. The number of allylic oxidation sites excluding steroid dienone is 1. The maximum absolute atomic E-state index is 12.3. The number of rotatable bonds is 10. The Morgan fingerprint density at radius 3 is 2.47 bits per heavy atom. The number of esters is 2. The van der Waals surface area contributed by atoms with E-state index in [1.54, 1.807) is 13.0 Å². The molecule has 0 amide bonds. The largest absolute Gasteiger partial charge is 0.466 e. The van der Waals surface area contributed by atoms with Gasteiger partial charge in [0, 0.05) is 25.0 Å². The van der Waals surface area contributed by atoms with Crippen LogP contribution in [0.5, 0.6) is 0 Å². The van der Waals surface area contributed by atoms with Crippen molar-refractivity contribution in [3.05, 3.63) is 23.8 Å². The summed E-state index contributed by atoms with van der Waals surface area (Å²) in [5, 5.41) is 0. The number of hydrogen-bond acceptors (Lipinski definition) is 7. The molecule has 1 unspecified atom stereocenters. The van der Waals surface area contributed by atoms with Crippen LogP contribution in [0.15, 0.2) is 23.8 Å². The SMILES string of the molecule is CCC(=O)O[C@H]1/C(=C/C(=O)OC)C[C@@H](CC(C)CC)O[C@@]1(OC)C(C)(C)/C=C/C=O. The predicted molar refractivity (Wildman–Crippen MR) is 113 cm³/mol. The first kappa shape index (κ1) is 26.0. The third kappa shape index (κ3) is 6.01. The molecule has 30 heavy (non-hydrogen) atoms. The highest BCUT2D eigenvalue weighted by Crippen LogP contribution is 2.48. The molecule has 1 fully saturated rings. The maximum atomic E-state index is 12.3. The molecule has 0 aliphatic carbocycles. The second-order valence-corrected chi connectivity index (χ2v) is 8.25. The average Bonchev–Trinajstić information content (AvgIpc) is 2.72. The van der Waals surface area contributed by atoms with Crippen LogP contribution in [0.3, 0.4) is 0 Å². The van der Waals surface area contributed by atoms with Gasteiger partial charge in [-0.25, -0.2) is 4.79 Å². The number of carbonyl (C=O) groups excluding carboxylic acids is 3. The van der Waals surface area contributed by atoms with Gasteiger partial charge in [-0.15, -0.1) is 0 Å². The minimum Gasteiger partial charge on any atom is -0.466 e. The number of carbonyl (C=O) groups is 3. The normalized spacial score (nSPS) is 27.1. The monoisotopic (exact) mass is 424 g/mol. The van der Waals surface area contributed by atoms with Gasteiger partial charge in [0.05, 0.1) is 13.2 Å². The van der Waals surface area contributed by atoms with E-state index < -0.39 is 29.2 Å². The summed E-state index contributed by atoms with van der Waals surface area (Å²) in [6.07, 6.45) is 6.08. The molecule has 4 atom stereocenters. The number of hydrogen-bond donors (Lipinski definition) is 0. The third-order valence-electron chi connectivity index (χ3n) is 5.68. The zero-order chi connectivity index (χ0) is 22.9. The van der Waals surface area contributed by atoms with Crippen LogP contribution in [0, 0.1) is 11.3 Å². The van der Waals surface area contributed by atoms with Gasteiger partial charge in [-0.05, 0) is 30.4 Å². The van der Waals surface area contributed by atoms with Crippen LogP contribution < -0.4 is 0 Å². The first-order valence-electron chi connectivity index (χ1n) is 10.4. The van der Waals surface area contributed by atoms with E-state index in [1.165, 1.54) is 26.4 Å². The molecule has 0 aromatic carbocycles. The first-order valence-corrected chi connectivity index (χ1v) is 10.4. The van der Waals surface area contributed by atoms with Crippen molar-refractivity contribution in [2.75, 3.05) is 14.2 Å². The zero-order valence-corrected chi connectivity index (χ0v) is 19.2. The van der Waals surface area contributed by atoms with E-state index in [0.29, 0.717) is 24.2 Å². The van der Waals surface area contributed by atoms with Crippen molar-refractivity contribution in [1.29, 1.82) is 0 Å². The molecule has 0 N–H and O–H groups in total. The van der Waals surface area contributed by atoms with Crippen molar-refractivity contribution in [2.45, 2.75) is 78.3 Å². The summed E-state index contributed by atoms with van der Waals surface area (Å²) in [4.78, 5) is 35.4. The molecule has 0 radical (unpaired) electrons. The second-order valence-electron chi connectivity index (χ2n) is 8.25. The molecular weight excluding hydrogens is 388 g/mol. The maximum Gasteiger partial charge on any atom is 0.330 e. The molecule has 0 aromatic rings. The molecule has 1 aliphatic rings. The lowest BCUT2D eigenvalue weighted by Gasteiger charge is -2.53. The summed E-state index contributed by atoms with van der Waals surface area (Å²) in [6, 6.07) is 0. The van der Waals surface area contributed by atoms with Gasteiger partial charge in [0.15, 0.2) is 6.10 Å². The lowest BCUT2D eigenvalue weighted by atomic mass is 9.74. The van der Waals surface area contributed by atoms with Crippen LogP contribution in [0.25, 0.3) is 0 Å². The van der Waals surface area contributed by atoms with E-state index in [4.69, 9.17) is 18.9 Å². The fraction of sp³-hybridized carbons (Fsp3) is 0.696. The summed E-state index contributed by atoms with van der Waals surface area (Å²) in [5.41, 5.74) is -0.303. The lowest BCUT2D eigenvalue weighted by Crippen LogP contribution is -2.63. The van der Waals surface area contributed by atoms with Crippen molar-refractivity contribution >= 4 is 18.2 Å². The molecule has 170 valence electrons. The fourth-order valence-electron chi connectivity index (χ4n) is 3.73. The Bertz CT molecular complexity index is 664. The molecule has 1 aliphatic heterocycles. The summed E-state index contributed by atoms with van der Waals surface area (Å²) in [5.74, 6) is -2.05. The minimum absolute atomic E-state index is 0.155. The topological polar surface area (TPSA) is 88.1 Å². The second kappa shape index (κ2) is 11.4.